The summed E-state index contributed by atoms with van der Waals surface area (Å²) in [5, 5.41) is 2.76. The molecule has 0 spiro atoms. The van der Waals surface area contributed by atoms with Crippen LogP contribution < -0.4 is 19.7 Å². The lowest BCUT2D eigenvalue weighted by molar-refractivity contribution is -0.123. The molecule has 1 N–H and O–H groups in total. The lowest BCUT2D eigenvalue weighted by Crippen LogP contribution is -2.37. The molecule has 2 aliphatic rings. The number of para-hydroxylation sites is 2. The van der Waals surface area contributed by atoms with Crippen molar-refractivity contribution in [2.24, 2.45) is 0 Å². The Balaban J connectivity index is 1.27. The minimum absolute atomic E-state index is 0.136. The second kappa shape index (κ2) is 7.66. The van der Waals surface area contributed by atoms with Gasteiger partial charge in [0.15, 0.2) is 18.1 Å². The van der Waals surface area contributed by atoms with Gasteiger partial charge < -0.3 is 19.5 Å². The van der Waals surface area contributed by atoms with Crippen LogP contribution in [0.5, 0.6) is 11.5 Å². The number of fused-ring (bicyclic) bond motifs is 1. The fraction of sp³-hybridized carbons (Fsp3) is 0.364. The third-order valence-electron chi connectivity index (χ3n) is 4.88. The minimum Gasteiger partial charge on any atom is -0.483 e. The van der Waals surface area contributed by atoms with E-state index in [9.17, 15) is 9.59 Å². The van der Waals surface area contributed by atoms with Crippen molar-refractivity contribution in [2.75, 3.05) is 24.6 Å². The van der Waals surface area contributed by atoms with Crippen LogP contribution in [0.2, 0.25) is 0 Å². The van der Waals surface area contributed by atoms with Gasteiger partial charge >= 0.3 is 6.09 Å². The van der Waals surface area contributed by atoms with E-state index in [-0.39, 0.29) is 24.7 Å². The average molecular weight is 396 g/mol. The average Bonchev–Trinajstić information content (AvgIpc) is 3.23. The standard InChI is InChI=1S/C22H24N2O5/c1-22(2)11-15-7-6-10-18(20(15)29-22)27-14-19(25)23-12-17-13-24(21(26)28-17)16-8-4-3-5-9-16/h3-10,17H,11-14H2,1-2H3,(H,23,25)/t17-/m1/s1. The Kier molecular flexibility index (Phi) is 5.05. The Morgan fingerprint density at radius 2 is 2.00 bits per heavy atom. The summed E-state index contributed by atoms with van der Waals surface area (Å²) in [6, 6.07) is 15.0. The fourth-order valence-electron chi connectivity index (χ4n) is 3.57. The summed E-state index contributed by atoms with van der Waals surface area (Å²) in [6.45, 7) is 4.52. The van der Waals surface area contributed by atoms with E-state index < -0.39 is 12.2 Å². The molecule has 0 bridgehead atoms. The molecule has 0 aromatic heterocycles. The molecular weight excluding hydrogens is 372 g/mol. The smallest absolute Gasteiger partial charge is 0.414 e. The summed E-state index contributed by atoms with van der Waals surface area (Å²) in [7, 11) is 0. The van der Waals surface area contributed by atoms with Crippen molar-refractivity contribution in [3.05, 3.63) is 54.1 Å². The number of amides is 2. The van der Waals surface area contributed by atoms with Crippen LogP contribution in [0.25, 0.3) is 0 Å². The molecule has 2 heterocycles. The first kappa shape index (κ1) is 19.1. The quantitative estimate of drug-likeness (QED) is 0.812. The number of nitrogens with zero attached hydrogens (tertiary/aromatic N) is 1. The molecule has 1 fully saturated rings. The van der Waals surface area contributed by atoms with Crippen LogP contribution in [-0.4, -0.2) is 43.4 Å². The van der Waals surface area contributed by atoms with Crippen molar-refractivity contribution >= 4 is 17.7 Å². The highest BCUT2D eigenvalue weighted by Crippen LogP contribution is 2.41. The molecule has 1 atom stereocenters. The molecule has 2 aromatic carbocycles. The highest BCUT2D eigenvalue weighted by atomic mass is 16.6. The molecule has 1 saturated heterocycles. The molecule has 29 heavy (non-hydrogen) atoms. The normalized spacial score (nSPS) is 19.3. The van der Waals surface area contributed by atoms with Gasteiger partial charge in [-0.05, 0) is 32.0 Å². The summed E-state index contributed by atoms with van der Waals surface area (Å²) >= 11 is 0. The first-order valence-electron chi connectivity index (χ1n) is 9.65. The molecule has 152 valence electrons. The predicted octanol–water partition coefficient (Wildman–Crippen LogP) is 2.92. The number of benzene rings is 2. The van der Waals surface area contributed by atoms with Gasteiger partial charge in [-0.1, -0.05) is 30.3 Å². The van der Waals surface area contributed by atoms with Gasteiger partial charge in [0.1, 0.15) is 11.7 Å². The number of carbonyl (C=O) groups is 2. The first-order valence-corrected chi connectivity index (χ1v) is 9.65. The molecular formula is C22H24N2O5. The zero-order valence-electron chi connectivity index (χ0n) is 16.5. The minimum atomic E-state index is -0.411. The number of cyclic esters (lactones) is 1. The third kappa shape index (κ3) is 4.29. The topological polar surface area (TPSA) is 77.1 Å². The van der Waals surface area contributed by atoms with Crippen LogP contribution in [0.1, 0.15) is 19.4 Å². The molecule has 2 aromatic rings. The summed E-state index contributed by atoms with van der Waals surface area (Å²) in [6.07, 6.45) is -0.0143. The van der Waals surface area contributed by atoms with Crippen LogP contribution in [0.4, 0.5) is 10.5 Å². The maximum Gasteiger partial charge on any atom is 0.414 e. The highest BCUT2D eigenvalue weighted by molar-refractivity contribution is 5.89. The lowest BCUT2D eigenvalue weighted by atomic mass is 10.0. The van der Waals surface area contributed by atoms with Crippen LogP contribution in [0.3, 0.4) is 0 Å². The van der Waals surface area contributed by atoms with E-state index >= 15 is 0 Å². The van der Waals surface area contributed by atoms with Gasteiger partial charge in [-0.25, -0.2) is 4.79 Å². The van der Waals surface area contributed by atoms with E-state index in [2.05, 4.69) is 5.32 Å². The Labute approximate surface area is 169 Å². The summed E-state index contributed by atoms with van der Waals surface area (Å²) in [4.78, 5) is 25.8. The Morgan fingerprint density at radius 3 is 2.79 bits per heavy atom. The second-order valence-electron chi connectivity index (χ2n) is 7.83. The number of nitrogens with one attached hydrogen (secondary N) is 1. The largest absolute Gasteiger partial charge is 0.483 e. The first-order chi connectivity index (χ1) is 13.9. The Bertz CT molecular complexity index is 913. The third-order valence-corrected chi connectivity index (χ3v) is 4.88. The molecule has 0 radical (unpaired) electrons. The molecule has 7 nitrogen and oxygen atoms in total. The van der Waals surface area contributed by atoms with Gasteiger partial charge in [-0.3, -0.25) is 9.69 Å². The molecule has 2 aliphatic heterocycles. The molecule has 7 heteroatoms. The molecule has 2 amide bonds. The van der Waals surface area contributed by atoms with E-state index in [4.69, 9.17) is 14.2 Å². The van der Waals surface area contributed by atoms with Gasteiger partial charge in [-0.15, -0.1) is 0 Å². The van der Waals surface area contributed by atoms with Crippen molar-refractivity contribution in [2.45, 2.75) is 32.0 Å². The van der Waals surface area contributed by atoms with Crippen molar-refractivity contribution < 1.29 is 23.8 Å². The summed E-state index contributed by atoms with van der Waals surface area (Å²) in [5.74, 6) is 0.980. The molecule has 0 aliphatic carbocycles. The van der Waals surface area contributed by atoms with Crippen molar-refractivity contribution in [3.8, 4) is 11.5 Å². The predicted molar refractivity (Wildman–Crippen MR) is 107 cm³/mol. The van der Waals surface area contributed by atoms with Crippen molar-refractivity contribution in [1.29, 1.82) is 0 Å². The number of rotatable bonds is 6. The van der Waals surface area contributed by atoms with E-state index in [0.29, 0.717) is 18.0 Å². The fourth-order valence-corrected chi connectivity index (χ4v) is 3.57. The monoisotopic (exact) mass is 396 g/mol. The highest BCUT2D eigenvalue weighted by Gasteiger charge is 2.33. The van der Waals surface area contributed by atoms with Crippen LogP contribution in [-0.2, 0) is 16.0 Å². The van der Waals surface area contributed by atoms with Crippen molar-refractivity contribution in [3.63, 3.8) is 0 Å². The van der Waals surface area contributed by atoms with Gasteiger partial charge in [0.2, 0.25) is 0 Å². The number of hydrogen-bond acceptors (Lipinski definition) is 5. The van der Waals surface area contributed by atoms with Crippen LogP contribution >= 0.6 is 0 Å². The van der Waals surface area contributed by atoms with Crippen LogP contribution in [0, 0.1) is 0 Å². The summed E-state index contributed by atoms with van der Waals surface area (Å²) < 4.78 is 17.0. The van der Waals surface area contributed by atoms with E-state index in [1.54, 1.807) is 11.0 Å². The van der Waals surface area contributed by atoms with Crippen LogP contribution in [0.15, 0.2) is 48.5 Å². The number of anilines is 1. The van der Waals surface area contributed by atoms with Gasteiger partial charge in [0, 0.05) is 17.7 Å². The number of hydrogen-bond donors (Lipinski definition) is 1. The summed E-state index contributed by atoms with van der Waals surface area (Å²) in [5.41, 5.74) is 1.57. The van der Waals surface area contributed by atoms with Gasteiger partial charge in [0.25, 0.3) is 5.91 Å². The maximum absolute atomic E-state index is 12.2. The zero-order valence-corrected chi connectivity index (χ0v) is 16.5. The zero-order chi connectivity index (χ0) is 20.4. The Hall–Kier alpha value is -3.22. The number of carbonyl (C=O) groups excluding carboxylic acids is 2. The lowest BCUT2D eigenvalue weighted by Gasteiger charge is -2.18. The van der Waals surface area contributed by atoms with Gasteiger partial charge in [-0.2, -0.15) is 0 Å². The Morgan fingerprint density at radius 1 is 1.21 bits per heavy atom. The molecule has 0 unspecified atom stereocenters. The van der Waals surface area contributed by atoms with E-state index in [1.807, 2.05) is 56.3 Å². The molecule has 4 rings (SSSR count). The molecule has 0 saturated carbocycles. The van der Waals surface area contributed by atoms with Crippen molar-refractivity contribution in [1.82, 2.24) is 5.32 Å². The SMILES string of the molecule is CC1(C)Cc2cccc(OCC(=O)NC[C@@H]3CN(c4ccccc4)C(=O)O3)c2O1. The maximum atomic E-state index is 12.2. The van der Waals surface area contributed by atoms with E-state index in [1.165, 1.54) is 0 Å². The number of ether oxygens (including phenoxy) is 3. The van der Waals surface area contributed by atoms with E-state index in [0.717, 1.165) is 17.7 Å². The second-order valence-corrected chi connectivity index (χ2v) is 7.83. The van der Waals surface area contributed by atoms with Gasteiger partial charge in [0.05, 0.1) is 13.1 Å².